The van der Waals surface area contributed by atoms with Gasteiger partial charge < -0.3 is 40.3 Å². The molecule has 6 N–H and O–H groups in total. The van der Waals surface area contributed by atoms with Crippen LogP contribution in [0.2, 0.25) is 0 Å². The van der Waals surface area contributed by atoms with Gasteiger partial charge in [0.1, 0.15) is 24.4 Å². The minimum absolute atomic E-state index is 0.191. The lowest BCUT2D eigenvalue weighted by atomic mass is 9.99. The molecule has 1 saturated heterocycles. The summed E-state index contributed by atoms with van der Waals surface area (Å²) >= 11 is 0. The van der Waals surface area contributed by atoms with E-state index in [1.54, 1.807) is 6.08 Å². The molecule has 0 saturated carbocycles. The molecule has 55 heavy (non-hydrogen) atoms. The monoisotopic (exact) mass is 784 g/mol. The standard InChI is InChI=1S/C46H89NO8/c1-3-5-6-7-8-9-10-11-12-13-14-15-16-17-18-19-20-21-22-23-24-25-26-27-28-29-30-31-32-33-34-36-40(49)39(47-42(50)35-4-2)38-54-46-45(53)44(52)43(51)41(37-48)55-46/h34,36,39-41,43-46,48-49,51-53H,3-33,35,37-38H2,1-2H3,(H,47,50)/b36-34+. The average molecular weight is 784 g/mol. The Morgan fingerprint density at radius 1 is 0.600 bits per heavy atom. The number of unbranched alkanes of at least 4 members (excludes halogenated alkanes) is 29. The molecule has 0 bridgehead atoms. The van der Waals surface area contributed by atoms with Gasteiger partial charge in [-0.05, 0) is 19.3 Å². The summed E-state index contributed by atoms with van der Waals surface area (Å²) in [6, 6.07) is -0.795. The van der Waals surface area contributed by atoms with Crippen LogP contribution in [0.3, 0.4) is 0 Å². The Balaban J connectivity index is 1.96. The van der Waals surface area contributed by atoms with Crippen molar-refractivity contribution < 1.29 is 39.8 Å². The predicted molar refractivity (Wildman–Crippen MR) is 226 cm³/mol. The fourth-order valence-corrected chi connectivity index (χ4v) is 7.61. The third kappa shape index (κ3) is 28.1. The molecule has 1 amide bonds. The van der Waals surface area contributed by atoms with Crippen LogP contribution in [-0.2, 0) is 14.3 Å². The maximum atomic E-state index is 12.3. The third-order valence-corrected chi connectivity index (χ3v) is 11.3. The number of aliphatic hydroxyl groups excluding tert-OH is 5. The third-order valence-electron chi connectivity index (χ3n) is 11.3. The van der Waals surface area contributed by atoms with Crippen LogP contribution < -0.4 is 5.32 Å². The fourth-order valence-electron chi connectivity index (χ4n) is 7.61. The Morgan fingerprint density at radius 2 is 1.00 bits per heavy atom. The van der Waals surface area contributed by atoms with Gasteiger partial charge in [0, 0.05) is 6.42 Å². The van der Waals surface area contributed by atoms with Gasteiger partial charge in [0.2, 0.25) is 5.91 Å². The minimum atomic E-state index is -1.56. The van der Waals surface area contributed by atoms with E-state index in [1.807, 2.05) is 13.0 Å². The molecule has 9 heteroatoms. The second kappa shape index (κ2) is 37.2. The van der Waals surface area contributed by atoms with Crippen molar-refractivity contribution in [3.63, 3.8) is 0 Å². The first-order valence-corrected chi connectivity index (χ1v) is 23.4. The molecular formula is C46H89NO8. The Hall–Kier alpha value is -1.07. The van der Waals surface area contributed by atoms with Crippen LogP contribution >= 0.6 is 0 Å². The highest BCUT2D eigenvalue weighted by molar-refractivity contribution is 5.76. The van der Waals surface area contributed by atoms with E-state index < -0.39 is 49.5 Å². The van der Waals surface area contributed by atoms with Crippen LogP contribution in [0.15, 0.2) is 12.2 Å². The van der Waals surface area contributed by atoms with Crippen molar-refractivity contribution >= 4 is 5.91 Å². The highest BCUT2D eigenvalue weighted by atomic mass is 16.7. The van der Waals surface area contributed by atoms with Crippen LogP contribution in [0.5, 0.6) is 0 Å². The van der Waals surface area contributed by atoms with Crippen molar-refractivity contribution in [2.75, 3.05) is 13.2 Å². The number of aliphatic hydroxyl groups is 5. The van der Waals surface area contributed by atoms with Gasteiger partial charge in [-0.15, -0.1) is 0 Å². The summed E-state index contributed by atoms with van der Waals surface area (Å²) in [6.07, 6.45) is 37.5. The number of hydrogen-bond donors (Lipinski definition) is 6. The van der Waals surface area contributed by atoms with Crippen LogP contribution in [0.25, 0.3) is 0 Å². The van der Waals surface area contributed by atoms with Gasteiger partial charge in [0.25, 0.3) is 0 Å². The van der Waals surface area contributed by atoms with Gasteiger partial charge >= 0.3 is 0 Å². The summed E-state index contributed by atoms with van der Waals surface area (Å²) in [5.41, 5.74) is 0. The molecule has 7 unspecified atom stereocenters. The topological polar surface area (TPSA) is 149 Å². The molecule has 0 aliphatic carbocycles. The SMILES string of the molecule is CCCCCCCCCCCCCCCCCCCCCCCCCCCCCCC/C=C/C(O)C(COC1OC(CO)C(O)C(O)C1O)NC(=O)CCC. The van der Waals surface area contributed by atoms with Gasteiger partial charge in [-0.1, -0.05) is 206 Å². The van der Waals surface area contributed by atoms with E-state index in [9.17, 15) is 30.3 Å². The number of ether oxygens (including phenoxy) is 2. The Morgan fingerprint density at radius 3 is 1.38 bits per heavy atom. The summed E-state index contributed by atoms with van der Waals surface area (Å²) in [6.45, 7) is 3.43. The first kappa shape index (κ1) is 51.9. The van der Waals surface area contributed by atoms with Gasteiger partial charge in [0.15, 0.2) is 6.29 Å². The second-order valence-electron chi connectivity index (χ2n) is 16.6. The molecule has 0 aromatic carbocycles. The van der Waals surface area contributed by atoms with E-state index in [1.165, 1.54) is 173 Å². The second-order valence-corrected chi connectivity index (χ2v) is 16.6. The molecule has 0 aromatic rings. The molecule has 0 spiro atoms. The largest absolute Gasteiger partial charge is 0.394 e. The molecule has 1 heterocycles. The number of nitrogens with one attached hydrogen (secondary N) is 1. The van der Waals surface area contributed by atoms with E-state index in [0.29, 0.717) is 12.8 Å². The highest BCUT2D eigenvalue weighted by Gasteiger charge is 2.44. The van der Waals surface area contributed by atoms with Gasteiger partial charge in [-0.2, -0.15) is 0 Å². The molecular weight excluding hydrogens is 695 g/mol. The number of hydrogen-bond acceptors (Lipinski definition) is 8. The van der Waals surface area contributed by atoms with Crippen molar-refractivity contribution in [1.82, 2.24) is 5.32 Å². The zero-order valence-electron chi connectivity index (χ0n) is 35.7. The van der Waals surface area contributed by atoms with Crippen LogP contribution in [0.4, 0.5) is 0 Å². The van der Waals surface area contributed by atoms with Crippen LogP contribution in [0, 0.1) is 0 Å². The van der Waals surface area contributed by atoms with Gasteiger partial charge in [0.05, 0.1) is 25.4 Å². The number of amides is 1. The summed E-state index contributed by atoms with van der Waals surface area (Å²) < 4.78 is 11.0. The van der Waals surface area contributed by atoms with E-state index in [0.717, 1.165) is 19.3 Å². The highest BCUT2D eigenvalue weighted by Crippen LogP contribution is 2.23. The number of carbonyl (C=O) groups is 1. The molecule has 1 aliphatic rings. The average Bonchev–Trinajstić information content (AvgIpc) is 3.18. The van der Waals surface area contributed by atoms with Crippen molar-refractivity contribution in [2.45, 2.75) is 262 Å². The molecule has 0 aromatic heterocycles. The minimum Gasteiger partial charge on any atom is -0.394 e. The Kier molecular flexibility index (Phi) is 35.2. The number of allylic oxidation sites excluding steroid dienone is 1. The van der Waals surface area contributed by atoms with E-state index in [2.05, 4.69) is 12.2 Å². The van der Waals surface area contributed by atoms with E-state index in [-0.39, 0.29) is 12.5 Å². The smallest absolute Gasteiger partial charge is 0.220 e. The summed E-state index contributed by atoms with van der Waals surface area (Å²) in [5.74, 6) is -0.228. The Bertz CT molecular complexity index is 873. The number of carbonyl (C=O) groups excluding carboxylic acids is 1. The summed E-state index contributed by atoms with van der Waals surface area (Å²) in [7, 11) is 0. The first-order chi connectivity index (χ1) is 26.8. The van der Waals surface area contributed by atoms with Gasteiger partial charge in [-0.25, -0.2) is 0 Å². The van der Waals surface area contributed by atoms with Crippen LogP contribution in [-0.4, -0.2) is 87.5 Å². The molecule has 0 radical (unpaired) electrons. The molecule has 1 aliphatic heterocycles. The molecule has 7 atom stereocenters. The maximum absolute atomic E-state index is 12.3. The lowest BCUT2D eigenvalue weighted by Gasteiger charge is -2.40. The van der Waals surface area contributed by atoms with E-state index in [4.69, 9.17) is 9.47 Å². The normalized spacial score (nSPS) is 21.3. The fraction of sp³-hybridized carbons (Fsp3) is 0.935. The van der Waals surface area contributed by atoms with Crippen molar-refractivity contribution in [1.29, 1.82) is 0 Å². The molecule has 1 rings (SSSR count). The Labute approximate surface area is 337 Å². The predicted octanol–water partition coefficient (Wildman–Crippen LogP) is 9.73. The van der Waals surface area contributed by atoms with E-state index >= 15 is 0 Å². The van der Waals surface area contributed by atoms with Crippen molar-refractivity contribution in [3.8, 4) is 0 Å². The number of rotatable bonds is 39. The lowest BCUT2D eigenvalue weighted by Crippen LogP contribution is -2.60. The maximum Gasteiger partial charge on any atom is 0.220 e. The summed E-state index contributed by atoms with van der Waals surface area (Å²) in [4.78, 5) is 12.3. The van der Waals surface area contributed by atoms with Crippen LogP contribution in [0.1, 0.15) is 219 Å². The van der Waals surface area contributed by atoms with Crippen molar-refractivity contribution in [2.24, 2.45) is 0 Å². The molecule has 9 nitrogen and oxygen atoms in total. The zero-order valence-corrected chi connectivity index (χ0v) is 35.7. The van der Waals surface area contributed by atoms with Gasteiger partial charge in [-0.3, -0.25) is 4.79 Å². The molecule has 326 valence electrons. The lowest BCUT2D eigenvalue weighted by molar-refractivity contribution is -0.302. The summed E-state index contributed by atoms with van der Waals surface area (Å²) in [5, 5.41) is 53.3. The first-order valence-electron chi connectivity index (χ1n) is 23.4. The quantitative estimate of drug-likeness (QED) is 0.0267. The van der Waals surface area contributed by atoms with Crippen molar-refractivity contribution in [3.05, 3.63) is 12.2 Å². The molecule has 1 fully saturated rings. The zero-order chi connectivity index (χ0) is 40.2.